The molecule has 1 aliphatic rings. The monoisotopic (exact) mass is 414 g/mol. The number of nitrogens with zero attached hydrogens (tertiary/aromatic N) is 3. The van der Waals surface area contributed by atoms with E-state index in [2.05, 4.69) is 15.3 Å². The number of thiazole rings is 2. The fourth-order valence-electron chi connectivity index (χ4n) is 2.92. The lowest BCUT2D eigenvalue weighted by Crippen LogP contribution is -2.35. The molecule has 0 saturated heterocycles. The topological polar surface area (TPSA) is 84.4 Å². The van der Waals surface area contributed by atoms with Crippen LogP contribution in [0.4, 0.5) is 9.93 Å². The van der Waals surface area contributed by atoms with Crippen molar-refractivity contribution in [3.8, 4) is 10.6 Å². The zero-order valence-electron chi connectivity index (χ0n) is 15.2. The van der Waals surface area contributed by atoms with Gasteiger partial charge in [0.2, 0.25) is 0 Å². The number of anilines is 1. The van der Waals surface area contributed by atoms with E-state index in [-0.39, 0.29) is 5.91 Å². The third-order valence-electron chi connectivity index (χ3n) is 4.25. The number of carbonyl (C=O) groups excluding carboxylic acids is 2. The van der Waals surface area contributed by atoms with Gasteiger partial charge >= 0.3 is 6.09 Å². The molecule has 28 heavy (non-hydrogen) atoms. The van der Waals surface area contributed by atoms with Crippen molar-refractivity contribution >= 4 is 39.8 Å². The highest BCUT2D eigenvalue weighted by Gasteiger charge is 2.26. The van der Waals surface area contributed by atoms with Crippen LogP contribution >= 0.6 is 22.7 Å². The molecule has 144 valence electrons. The molecular formula is C19H18N4O3S2. The molecule has 1 aliphatic heterocycles. The Bertz CT molecular complexity index is 1000. The van der Waals surface area contributed by atoms with Gasteiger partial charge in [0.1, 0.15) is 10.7 Å². The summed E-state index contributed by atoms with van der Waals surface area (Å²) in [6.07, 6.45) is 0.134. The molecule has 3 heterocycles. The number of hydrogen-bond acceptors (Lipinski definition) is 7. The highest BCUT2D eigenvalue weighted by molar-refractivity contribution is 7.15. The first-order chi connectivity index (χ1) is 13.6. The molecule has 7 nitrogen and oxygen atoms in total. The number of carbonyl (C=O) groups is 2. The molecule has 0 spiro atoms. The van der Waals surface area contributed by atoms with Gasteiger partial charge < -0.3 is 9.64 Å². The second-order valence-corrected chi connectivity index (χ2v) is 8.06. The molecule has 1 N–H and O–H groups in total. The number of amides is 2. The molecule has 3 aromatic rings. The van der Waals surface area contributed by atoms with Crippen molar-refractivity contribution in [2.24, 2.45) is 0 Å². The predicted octanol–water partition coefficient (Wildman–Crippen LogP) is 4.03. The molecule has 0 fully saturated rings. The fraction of sp³-hybridized carbons (Fsp3) is 0.263. The molecule has 0 bridgehead atoms. The third kappa shape index (κ3) is 3.90. The summed E-state index contributed by atoms with van der Waals surface area (Å²) in [4.78, 5) is 36.2. The van der Waals surface area contributed by atoms with E-state index in [0.717, 1.165) is 21.1 Å². The van der Waals surface area contributed by atoms with Crippen LogP contribution in [0.3, 0.4) is 0 Å². The maximum Gasteiger partial charge on any atom is 0.413 e. The van der Waals surface area contributed by atoms with Crippen LogP contribution in [0.25, 0.3) is 10.6 Å². The van der Waals surface area contributed by atoms with Gasteiger partial charge in [0, 0.05) is 28.8 Å². The van der Waals surface area contributed by atoms with Gasteiger partial charge in [-0.3, -0.25) is 10.1 Å². The predicted molar refractivity (Wildman–Crippen MR) is 109 cm³/mol. The minimum atomic E-state index is -0.516. The van der Waals surface area contributed by atoms with Gasteiger partial charge in [0.15, 0.2) is 5.13 Å². The van der Waals surface area contributed by atoms with E-state index in [0.29, 0.717) is 36.9 Å². The number of ether oxygens (including phenoxy) is 1. The Morgan fingerprint density at radius 2 is 2.07 bits per heavy atom. The highest BCUT2D eigenvalue weighted by Crippen LogP contribution is 2.30. The second kappa shape index (κ2) is 8.07. The largest absolute Gasteiger partial charge is 0.450 e. The standard InChI is InChI=1S/C19H18N4O3S2/c1-2-26-19(25)22-18-21-13-8-9-23(10-15(13)28-18)17(24)14-11-27-16(20-14)12-6-4-3-5-7-12/h3-7,11H,2,8-10H2,1H3,(H,21,22,25). The maximum atomic E-state index is 12.9. The van der Waals surface area contributed by atoms with Gasteiger partial charge in [-0.1, -0.05) is 41.7 Å². The van der Waals surface area contributed by atoms with E-state index in [1.165, 1.54) is 22.7 Å². The summed E-state index contributed by atoms with van der Waals surface area (Å²) in [5.74, 6) is -0.0858. The smallest absolute Gasteiger partial charge is 0.413 e. The van der Waals surface area contributed by atoms with Crippen molar-refractivity contribution in [1.82, 2.24) is 14.9 Å². The molecule has 0 atom stereocenters. The summed E-state index contributed by atoms with van der Waals surface area (Å²) >= 11 is 2.84. The molecule has 2 aromatic heterocycles. The first kappa shape index (κ1) is 18.6. The number of fused-ring (bicyclic) bond motifs is 1. The summed E-state index contributed by atoms with van der Waals surface area (Å²) in [6.45, 7) is 3.09. The zero-order chi connectivity index (χ0) is 19.5. The molecular weight excluding hydrogens is 396 g/mol. The van der Waals surface area contributed by atoms with Crippen LogP contribution in [0, 0.1) is 0 Å². The fourth-order valence-corrected chi connectivity index (χ4v) is 4.73. The zero-order valence-corrected chi connectivity index (χ0v) is 16.8. The van der Waals surface area contributed by atoms with Crippen LogP contribution in [0.5, 0.6) is 0 Å². The van der Waals surface area contributed by atoms with E-state index in [9.17, 15) is 9.59 Å². The molecule has 4 rings (SSSR count). The number of aromatic nitrogens is 2. The van der Waals surface area contributed by atoms with E-state index >= 15 is 0 Å². The first-order valence-electron chi connectivity index (χ1n) is 8.86. The summed E-state index contributed by atoms with van der Waals surface area (Å²) in [5, 5.41) is 5.77. The van der Waals surface area contributed by atoms with E-state index in [1.807, 2.05) is 30.3 Å². The van der Waals surface area contributed by atoms with Gasteiger partial charge in [-0.2, -0.15) is 0 Å². The maximum absolute atomic E-state index is 12.9. The van der Waals surface area contributed by atoms with Crippen LogP contribution in [0.15, 0.2) is 35.7 Å². The summed E-state index contributed by atoms with van der Waals surface area (Å²) in [6, 6.07) is 9.83. The molecule has 0 aliphatic carbocycles. The lowest BCUT2D eigenvalue weighted by Gasteiger charge is -2.25. The van der Waals surface area contributed by atoms with E-state index in [4.69, 9.17) is 4.74 Å². The summed E-state index contributed by atoms with van der Waals surface area (Å²) in [5.41, 5.74) is 2.38. The van der Waals surface area contributed by atoms with Crippen LogP contribution in [-0.4, -0.2) is 40.0 Å². The van der Waals surface area contributed by atoms with E-state index in [1.54, 1.807) is 17.2 Å². The summed E-state index contributed by atoms with van der Waals surface area (Å²) < 4.78 is 4.88. The van der Waals surface area contributed by atoms with Crippen LogP contribution in [-0.2, 0) is 17.7 Å². The van der Waals surface area contributed by atoms with Gasteiger partial charge in [0.25, 0.3) is 5.91 Å². The van der Waals surface area contributed by atoms with Crippen molar-refractivity contribution in [3.63, 3.8) is 0 Å². The Labute approximate surface area is 170 Å². The SMILES string of the molecule is CCOC(=O)Nc1nc2c(s1)CN(C(=O)c1csc(-c3ccccc3)n1)CC2. The molecule has 2 amide bonds. The lowest BCUT2D eigenvalue weighted by molar-refractivity contribution is 0.0731. The number of hydrogen-bond donors (Lipinski definition) is 1. The average molecular weight is 415 g/mol. The van der Waals surface area contributed by atoms with E-state index < -0.39 is 6.09 Å². The number of nitrogens with one attached hydrogen (secondary N) is 1. The minimum Gasteiger partial charge on any atom is -0.450 e. The molecule has 1 aromatic carbocycles. The number of benzene rings is 1. The highest BCUT2D eigenvalue weighted by atomic mass is 32.1. The number of rotatable bonds is 4. The van der Waals surface area contributed by atoms with Crippen molar-refractivity contribution < 1.29 is 14.3 Å². The van der Waals surface area contributed by atoms with Crippen molar-refractivity contribution in [1.29, 1.82) is 0 Å². The van der Waals surface area contributed by atoms with Crippen molar-refractivity contribution in [2.45, 2.75) is 19.9 Å². The molecule has 9 heteroatoms. The van der Waals surface area contributed by atoms with Crippen LogP contribution < -0.4 is 5.32 Å². The Morgan fingerprint density at radius 1 is 1.25 bits per heavy atom. The third-order valence-corrected chi connectivity index (χ3v) is 6.14. The second-order valence-electron chi connectivity index (χ2n) is 6.11. The normalized spacial score (nSPS) is 13.1. The molecule has 0 unspecified atom stereocenters. The lowest BCUT2D eigenvalue weighted by atomic mass is 10.1. The quantitative estimate of drug-likeness (QED) is 0.697. The van der Waals surface area contributed by atoms with Crippen molar-refractivity contribution in [2.75, 3.05) is 18.5 Å². The Morgan fingerprint density at radius 3 is 2.86 bits per heavy atom. The molecule has 0 radical (unpaired) electrons. The van der Waals surface area contributed by atoms with Gasteiger partial charge in [-0.05, 0) is 6.92 Å². The Balaban J connectivity index is 1.45. The first-order valence-corrected chi connectivity index (χ1v) is 10.6. The molecule has 0 saturated carbocycles. The van der Waals surface area contributed by atoms with Crippen LogP contribution in [0.1, 0.15) is 28.0 Å². The Hall–Kier alpha value is -2.78. The minimum absolute atomic E-state index is 0.0858. The van der Waals surface area contributed by atoms with Gasteiger partial charge in [-0.15, -0.1) is 11.3 Å². The Kier molecular flexibility index (Phi) is 5.36. The van der Waals surface area contributed by atoms with Gasteiger partial charge in [-0.25, -0.2) is 14.8 Å². The average Bonchev–Trinajstić information content (AvgIpc) is 3.34. The van der Waals surface area contributed by atoms with Gasteiger partial charge in [0.05, 0.1) is 18.8 Å². The summed E-state index contributed by atoms with van der Waals surface area (Å²) in [7, 11) is 0. The van der Waals surface area contributed by atoms with Crippen molar-refractivity contribution in [3.05, 3.63) is 52.0 Å². The van der Waals surface area contributed by atoms with Crippen LogP contribution in [0.2, 0.25) is 0 Å².